The molecule has 0 radical (unpaired) electrons. The monoisotopic (exact) mass is 376 g/mol. The SMILES string of the molecule is CC.Cc1cc(-c2cc3ccccc3cn2)cc(C)c1NC(=O)CC(C)(C)C. The van der Waals surface area contributed by atoms with E-state index in [1.807, 2.05) is 46.0 Å². The molecular formula is C25H32N2O. The number of aryl methyl sites for hydroxylation is 2. The van der Waals surface area contributed by atoms with Crippen LogP contribution in [0.5, 0.6) is 0 Å². The van der Waals surface area contributed by atoms with E-state index >= 15 is 0 Å². The van der Waals surface area contributed by atoms with Gasteiger partial charge in [-0.2, -0.15) is 0 Å². The Morgan fingerprint density at radius 1 is 0.964 bits per heavy atom. The second-order valence-electron chi connectivity index (χ2n) is 8.19. The van der Waals surface area contributed by atoms with Crippen LogP contribution in [0.4, 0.5) is 5.69 Å². The van der Waals surface area contributed by atoms with Crippen molar-refractivity contribution in [1.82, 2.24) is 4.98 Å². The van der Waals surface area contributed by atoms with Gasteiger partial charge in [0.1, 0.15) is 0 Å². The molecule has 0 bridgehead atoms. The molecule has 1 heterocycles. The van der Waals surface area contributed by atoms with Crippen molar-refractivity contribution in [3.05, 3.63) is 59.8 Å². The molecule has 0 unspecified atom stereocenters. The van der Waals surface area contributed by atoms with Crippen LogP contribution in [0.1, 0.15) is 52.2 Å². The Morgan fingerprint density at radius 2 is 1.54 bits per heavy atom. The van der Waals surface area contributed by atoms with Crippen molar-refractivity contribution in [1.29, 1.82) is 0 Å². The fourth-order valence-electron chi connectivity index (χ4n) is 3.22. The van der Waals surface area contributed by atoms with Gasteiger partial charge >= 0.3 is 0 Å². The lowest BCUT2D eigenvalue weighted by Crippen LogP contribution is -2.20. The van der Waals surface area contributed by atoms with Crippen LogP contribution in [0.15, 0.2) is 48.7 Å². The van der Waals surface area contributed by atoms with E-state index < -0.39 is 0 Å². The van der Waals surface area contributed by atoms with Gasteiger partial charge in [0.05, 0.1) is 5.69 Å². The smallest absolute Gasteiger partial charge is 0.224 e. The first-order valence-corrected chi connectivity index (χ1v) is 9.99. The number of amides is 1. The number of anilines is 1. The molecule has 0 aliphatic heterocycles. The average molecular weight is 377 g/mol. The molecule has 3 nitrogen and oxygen atoms in total. The fraction of sp³-hybridized carbons (Fsp3) is 0.360. The summed E-state index contributed by atoms with van der Waals surface area (Å²) in [4.78, 5) is 16.9. The van der Waals surface area contributed by atoms with Gasteiger partial charge in [0.2, 0.25) is 5.91 Å². The first-order valence-electron chi connectivity index (χ1n) is 9.99. The summed E-state index contributed by atoms with van der Waals surface area (Å²) in [6.07, 6.45) is 2.41. The first kappa shape index (κ1) is 21.6. The number of hydrogen-bond acceptors (Lipinski definition) is 2. The number of benzene rings is 2. The van der Waals surface area contributed by atoms with Crippen molar-refractivity contribution in [2.45, 2.75) is 54.9 Å². The molecular weight excluding hydrogens is 344 g/mol. The molecule has 0 spiro atoms. The van der Waals surface area contributed by atoms with E-state index in [2.05, 4.69) is 61.4 Å². The molecule has 0 fully saturated rings. The fourth-order valence-corrected chi connectivity index (χ4v) is 3.22. The molecule has 0 saturated heterocycles. The summed E-state index contributed by atoms with van der Waals surface area (Å²) in [7, 11) is 0. The molecule has 1 aromatic heterocycles. The second kappa shape index (κ2) is 9.01. The molecule has 148 valence electrons. The van der Waals surface area contributed by atoms with Crippen LogP contribution in [0.2, 0.25) is 0 Å². The molecule has 1 N–H and O–H groups in total. The molecule has 3 aromatic rings. The standard InChI is InChI=1S/C23H26N2O.C2H6/c1-15-10-19(20-12-17-8-6-7-9-18(17)14-24-20)11-16(2)22(15)25-21(26)13-23(3,4)5;1-2/h6-12,14H,13H2,1-5H3,(H,25,26);1-2H3. The third kappa shape index (κ3) is 5.41. The number of nitrogens with zero attached hydrogens (tertiary/aromatic N) is 1. The van der Waals surface area contributed by atoms with E-state index in [0.717, 1.165) is 33.5 Å². The number of fused-ring (bicyclic) bond motifs is 1. The van der Waals surface area contributed by atoms with E-state index in [-0.39, 0.29) is 11.3 Å². The molecule has 28 heavy (non-hydrogen) atoms. The zero-order valence-electron chi connectivity index (χ0n) is 18.2. The molecule has 0 aliphatic carbocycles. The van der Waals surface area contributed by atoms with E-state index in [4.69, 9.17) is 0 Å². The van der Waals surface area contributed by atoms with Crippen molar-refractivity contribution < 1.29 is 4.79 Å². The van der Waals surface area contributed by atoms with E-state index in [0.29, 0.717) is 6.42 Å². The number of hydrogen-bond donors (Lipinski definition) is 1. The Bertz CT molecular complexity index is 945. The minimum absolute atomic E-state index is 0.0269. The number of pyridine rings is 1. The topological polar surface area (TPSA) is 42.0 Å². The van der Waals surface area contributed by atoms with Gasteiger partial charge in [0.25, 0.3) is 0 Å². The van der Waals surface area contributed by atoms with Gasteiger partial charge < -0.3 is 5.32 Å². The largest absolute Gasteiger partial charge is 0.326 e. The van der Waals surface area contributed by atoms with Crippen LogP contribution >= 0.6 is 0 Å². The minimum Gasteiger partial charge on any atom is -0.326 e. The maximum Gasteiger partial charge on any atom is 0.224 e. The Hall–Kier alpha value is -2.68. The summed E-state index contributed by atoms with van der Waals surface area (Å²) in [5.74, 6) is 0.0558. The lowest BCUT2D eigenvalue weighted by Gasteiger charge is -2.19. The predicted molar refractivity (Wildman–Crippen MR) is 121 cm³/mol. The molecule has 3 heteroatoms. The third-order valence-corrected chi connectivity index (χ3v) is 4.41. The maximum atomic E-state index is 12.3. The van der Waals surface area contributed by atoms with Crippen molar-refractivity contribution in [3.8, 4) is 11.3 Å². The number of nitrogens with one attached hydrogen (secondary N) is 1. The van der Waals surface area contributed by atoms with Crippen molar-refractivity contribution in [2.75, 3.05) is 5.32 Å². The molecule has 3 rings (SSSR count). The highest BCUT2D eigenvalue weighted by atomic mass is 16.1. The van der Waals surface area contributed by atoms with Crippen LogP contribution in [-0.4, -0.2) is 10.9 Å². The van der Waals surface area contributed by atoms with E-state index in [1.165, 1.54) is 5.39 Å². The van der Waals surface area contributed by atoms with Gasteiger partial charge in [0.15, 0.2) is 0 Å². The zero-order chi connectivity index (χ0) is 20.9. The molecule has 0 atom stereocenters. The second-order valence-corrected chi connectivity index (χ2v) is 8.19. The Kier molecular flexibility index (Phi) is 6.95. The van der Waals surface area contributed by atoms with Gasteiger partial charge in [-0.25, -0.2) is 0 Å². The molecule has 2 aromatic carbocycles. The van der Waals surface area contributed by atoms with Gasteiger partial charge in [-0.05, 0) is 54.0 Å². The van der Waals surface area contributed by atoms with E-state index in [9.17, 15) is 4.79 Å². The number of carbonyl (C=O) groups excluding carboxylic acids is 1. The predicted octanol–water partition coefficient (Wildman–Crippen LogP) is 6.92. The van der Waals surface area contributed by atoms with Gasteiger partial charge in [-0.1, -0.05) is 58.9 Å². The summed E-state index contributed by atoms with van der Waals surface area (Å²) < 4.78 is 0. The average Bonchev–Trinajstić information content (AvgIpc) is 2.64. The van der Waals surface area contributed by atoms with Crippen LogP contribution < -0.4 is 5.32 Å². The van der Waals surface area contributed by atoms with Gasteiger partial charge in [0, 0.05) is 29.3 Å². The van der Waals surface area contributed by atoms with Crippen molar-refractivity contribution in [2.24, 2.45) is 5.41 Å². The maximum absolute atomic E-state index is 12.3. The summed E-state index contributed by atoms with van der Waals surface area (Å²) in [6.45, 7) is 14.3. The van der Waals surface area contributed by atoms with Crippen molar-refractivity contribution >= 4 is 22.4 Å². The number of carbonyl (C=O) groups is 1. The lowest BCUT2D eigenvalue weighted by molar-refractivity contribution is -0.117. The summed E-state index contributed by atoms with van der Waals surface area (Å²) in [5, 5.41) is 5.40. The summed E-state index contributed by atoms with van der Waals surface area (Å²) in [6, 6.07) is 14.5. The normalized spacial score (nSPS) is 11.0. The molecule has 1 amide bonds. The van der Waals surface area contributed by atoms with Crippen LogP contribution in [-0.2, 0) is 4.79 Å². The van der Waals surface area contributed by atoms with E-state index in [1.54, 1.807) is 0 Å². The van der Waals surface area contributed by atoms with Crippen LogP contribution in [0.3, 0.4) is 0 Å². The Balaban J connectivity index is 0.00000136. The summed E-state index contributed by atoms with van der Waals surface area (Å²) in [5.41, 5.74) is 5.00. The molecule has 0 saturated carbocycles. The highest BCUT2D eigenvalue weighted by Gasteiger charge is 2.17. The Morgan fingerprint density at radius 3 is 2.11 bits per heavy atom. The Labute approximate surface area is 169 Å². The number of rotatable bonds is 3. The van der Waals surface area contributed by atoms with Crippen molar-refractivity contribution in [3.63, 3.8) is 0 Å². The van der Waals surface area contributed by atoms with Crippen LogP contribution in [0, 0.1) is 19.3 Å². The molecule has 0 aliphatic rings. The minimum atomic E-state index is -0.0269. The van der Waals surface area contributed by atoms with Gasteiger partial charge in [-0.15, -0.1) is 0 Å². The number of aromatic nitrogens is 1. The van der Waals surface area contributed by atoms with Crippen LogP contribution in [0.25, 0.3) is 22.0 Å². The van der Waals surface area contributed by atoms with Gasteiger partial charge in [-0.3, -0.25) is 9.78 Å². The highest BCUT2D eigenvalue weighted by molar-refractivity contribution is 5.93. The highest BCUT2D eigenvalue weighted by Crippen LogP contribution is 2.30. The zero-order valence-corrected chi connectivity index (χ0v) is 18.2. The third-order valence-electron chi connectivity index (χ3n) is 4.41. The quantitative estimate of drug-likeness (QED) is 0.539. The summed E-state index contributed by atoms with van der Waals surface area (Å²) >= 11 is 0. The first-order chi connectivity index (χ1) is 13.2. The lowest BCUT2D eigenvalue weighted by atomic mass is 9.91.